The number of rotatable bonds is 7. The first-order chi connectivity index (χ1) is 9.96. The normalized spacial score (nSPS) is 24.9. The van der Waals surface area contributed by atoms with Crippen LogP contribution < -0.4 is 0 Å². The third-order valence-corrected chi connectivity index (χ3v) is 3.12. The fourth-order valence-corrected chi connectivity index (χ4v) is 2.01. The van der Waals surface area contributed by atoms with Crippen molar-refractivity contribution in [3.05, 3.63) is 12.2 Å². The molecule has 3 atom stereocenters. The largest absolute Gasteiger partial charge is 0.463 e. The van der Waals surface area contributed by atoms with E-state index in [1.165, 1.54) is 13.8 Å². The minimum absolute atomic E-state index is 0.0143. The molecule has 1 heterocycles. The van der Waals surface area contributed by atoms with Crippen LogP contribution in [-0.4, -0.2) is 43.1 Å². The molecule has 0 saturated heterocycles. The predicted molar refractivity (Wildman–Crippen MR) is 75.4 cm³/mol. The van der Waals surface area contributed by atoms with E-state index in [0.29, 0.717) is 0 Å². The van der Waals surface area contributed by atoms with Crippen LogP contribution in [0.1, 0.15) is 40.5 Å². The fraction of sp³-hybridized carbons (Fsp3) is 0.733. The molecule has 0 aromatic carbocycles. The Morgan fingerprint density at radius 1 is 1.14 bits per heavy atom. The van der Waals surface area contributed by atoms with Gasteiger partial charge in [-0.15, -0.1) is 0 Å². The van der Waals surface area contributed by atoms with E-state index in [1.807, 2.05) is 13.8 Å². The second kappa shape index (κ2) is 8.79. The zero-order valence-corrected chi connectivity index (χ0v) is 13.0. The van der Waals surface area contributed by atoms with Gasteiger partial charge in [-0.2, -0.15) is 0 Å². The van der Waals surface area contributed by atoms with E-state index in [-0.39, 0.29) is 12.7 Å². The maximum atomic E-state index is 11.1. The Hall–Kier alpha value is -1.40. The van der Waals surface area contributed by atoms with Crippen LogP contribution in [0.2, 0.25) is 0 Å². The van der Waals surface area contributed by atoms with Gasteiger partial charge in [-0.25, -0.2) is 0 Å². The molecule has 0 saturated carbocycles. The summed E-state index contributed by atoms with van der Waals surface area (Å²) in [5.74, 6) is -0.826. The summed E-state index contributed by atoms with van der Waals surface area (Å²) < 4.78 is 21.6. The molecule has 0 fully saturated rings. The van der Waals surface area contributed by atoms with E-state index in [2.05, 4.69) is 0 Å². The van der Waals surface area contributed by atoms with Gasteiger partial charge in [-0.05, 0) is 25.0 Å². The zero-order chi connectivity index (χ0) is 15.8. The van der Waals surface area contributed by atoms with E-state index in [4.69, 9.17) is 18.9 Å². The number of hydrogen-bond donors (Lipinski definition) is 0. The average Bonchev–Trinajstić information content (AvgIpc) is 2.43. The Balaban J connectivity index is 2.67. The molecular weight excluding hydrogens is 276 g/mol. The summed E-state index contributed by atoms with van der Waals surface area (Å²) >= 11 is 0. The van der Waals surface area contributed by atoms with Gasteiger partial charge in [0, 0.05) is 13.8 Å². The lowest BCUT2D eigenvalue weighted by Gasteiger charge is -2.32. The van der Waals surface area contributed by atoms with Crippen LogP contribution in [0.5, 0.6) is 0 Å². The minimum Gasteiger partial charge on any atom is -0.463 e. The maximum Gasteiger partial charge on any atom is 0.303 e. The number of hydrogen-bond acceptors (Lipinski definition) is 6. The summed E-state index contributed by atoms with van der Waals surface area (Å²) in [6.45, 7) is 6.74. The predicted octanol–water partition coefficient (Wildman–Crippen LogP) is 1.97. The van der Waals surface area contributed by atoms with Crippen molar-refractivity contribution in [1.29, 1.82) is 0 Å². The van der Waals surface area contributed by atoms with Crippen LogP contribution in [0, 0.1) is 0 Å². The molecule has 1 rings (SSSR count). The molecule has 0 bridgehead atoms. The van der Waals surface area contributed by atoms with Gasteiger partial charge in [0.15, 0.2) is 6.29 Å². The van der Waals surface area contributed by atoms with Crippen molar-refractivity contribution in [2.45, 2.75) is 65.1 Å². The monoisotopic (exact) mass is 300 g/mol. The molecule has 0 spiro atoms. The van der Waals surface area contributed by atoms with E-state index in [9.17, 15) is 9.59 Å². The quantitative estimate of drug-likeness (QED) is 0.529. The van der Waals surface area contributed by atoms with Gasteiger partial charge in [0.1, 0.15) is 18.8 Å². The lowest BCUT2D eigenvalue weighted by Crippen LogP contribution is -2.42. The number of ether oxygens (including phenoxy) is 4. The Kier molecular flexibility index (Phi) is 7.39. The van der Waals surface area contributed by atoms with Gasteiger partial charge in [-0.1, -0.05) is 13.8 Å². The molecule has 6 heteroatoms. The second-order valence-electron chi connectivity index (χ2n) is 4.88. The summed E-state index contributed by atoms with van der Waals surface area (Å²) in [5, 5.41) is 0. The first-order valence-electron chi connectivity index (χ1n) is 7.26. The number of carbonyl (C=O) groups is 2. The summed E-state index contributed by atoms with van der Waals surface area (Å²) in [4.78, 5) is 22.0. The Morgan fingerprint density at radius 2 is 1.81 bits per heavy atom. The first-order valence-corrected chi connectivity index (χ1v) is 7.26. The summed E-state index contributed by atoms with van der Waals surface area (Å²) in [7, 11) is 0. The van der Waals surface area contributed by atoms with Crippen LogP contribution in [0.15, 0.2) is 12.2 Å². The molecule has 0 amide bonds. The molecule has 1 aliphatic heterocycles. The van der Waals surface area contributed by atoms with Gasteiger partial charge in [0.2, 0.25) is 0 Å². The molecule has 21 heavy (non-hydrogen) atoms. The molecule has 6 nitrogen and oxygen atoms in total. The van der Waals surface area contributed by atoms with E-state index in [0.717, 1.165) is 12.8 Å². The molecule has 0 unspecified atom stereocenters. The van der Waals surface area contributed by atoms with Gasteiger partial charge >= 0.3 is 11.9 Å². The highest BCUT2D eigenvalue weighted by Crippen LogP contribution is 2.20. The van der Waals surface area contributed by atoms with Gasteiger partial charge in [-0.3, -0.25) is 9.59 Å². The summed E-state index contributed by atoms with van der Waals surface area (Å²) in [5.41, 5.74) is 0. The Morgan fingerprint density at radius 3 is 2.33 bits per heavy atom. The third-order valence-electron chi connectivity index (χ3n) is 3.12. The molecule has 0 N–H and O–H groups in total. The third kappa shape index (κ3) is 6.27. The van der Waals surface area contributed by atoms with E-state index < -0.39 is 30.4 Å². The first kappa shape index (κ1) is 17.7. The lowest BCUT2D eigenvalue weighted by molar-refractivity contribution is -0.210. The highest BCUT2D eigenvalue weighted by atomic mass is 16.7. The lowest BCUT2D eigenvalue weighted by atomic mass is 10.1. The zero-order valence-electron chi connectivity index (χ0n) is 13.0. The highest BCUT2D eigenvalue weighted by Gasteiger charge is 2.31. The molecular formula is C15H24O6. The molecule has 0 aromatic rings. The Bertz CT molecular complexity index is 374. The van der Waals surface area contributed by atoms with Crippen molar-refractivity contribution in [3.63, 3.8) is 0 Å². The average molecular weight is 300 g/mol. The van der Waals surface area contributed by atoms with E-state index >= 15 is 0 Å². The van der Waals surface area contributed by atoms with E-state index in [1.54, 1.807) is 12.2 Å². The fourth-order valence-electron chi connectivity index (χ4n) is 2.01. The minimum atomic E-state index is -0.580. The highest BCUT2D eigenvalue weighted by molar-refractivity contribution is 5.66. The number of carbonyl (C=O) groups excluding carboxylic acids is 2. The Labute approximate surface area is 125 Å². The smallest absolute Gasteiger partial charge is 0.303 e. The molecule has 0 aromatic heterocycles. The van der Waals surface area contributed by atoms with Crippen molar-refractivity contribution in [3.8, 4) is 0 Å². The topological polar surface area (TPSA) is 71.1 Å². The summed E-state index contributed by atoms with van der Waals surface area (Å²) in [6, 6.07) is 0. The van der Waals surface area contributed by atoms with Crippen LogP contribution in [0.4, 0.5) is 0 Å². The second-order valence-corrected chi connectivity index (χ2v) is 4.88. The van der Waals surface area contributed by atoms with Crippen LogP contribution >= 0.6 is 0 Å². The van der Waals surface area contributed by atoms with Gasteiger partial charge in [0.25, 0.3) is 0 Å². The molecule has 120 valence electrons. The van der Waals surface area contributed by atoms with Crippen molar-refractivity contribution in [1.82, 2.24) is 0 Å². The molecule has 0 radical (unpaired) electrons. The van der Waals surface area contributed by atoms with Crippen LogP contribution in [0.3, 0.4) is 0 Å². The van der Waals surface area contributed by atoms with Crippen LogP contribution in [-0.2, 0) is 28.5 Å². The van der Waals surface area contributed by atoms with Gasteiger partial charge in [0.05, 0.1) is 6.10 Å². The summed E-state index contributed by atoms with van der Waals surface area (Å²) in [6.07, 6.45) is 3.62. The van der Waals surface area contributed by atoms with Crippen molar-refractivity contribution in [2.75, 3.05) is 6.61 Å². The van der Waals surface area contributed by atoms with Crippen molar-refractivity contribution in [2.24, 2.45) is 0 Å². The van der Waals surface area contributed by atoms with Crippen molar-refractivity contribution >= 4 is 11.9 Å². The molecule has 1 aliphatic rings. The SMILES string of the molecule is CCC(CC)O[C@@H]1C=C[C@H](OC(C)=O)[C@@H](COC(C)=O)O1. The number of esters is 2. The van der Waals surface area contributed by atoms with Gasteiger partial charge < -0.3 is 18.9 Å². The standard InChI is InChI=1S/C15H24O6/c1-5-12(6-2)20-15-8-7-13(19-11(4)17)14(21-15)9-18-10(3)16/h7-8,12-15H,5-6,9H2,1-4H3/t13-,14+,15-/m0/s1. The molecule has 0 aliphatic carbocycles. The maximum absolute atomic E-state index is 11.1. The van der Waals surface area contributed by atoms with Crippen molar-refractivity contribution < 1.29 is 28.5 Å². The van der Waals surface area contributed by atoms with Crippen LogP contribution in [0.25, 0.3) is 0 Å².